The molecule has 0 unspecified atom stereocenters. The van der Waals surface area contributed by atoms with Crippen molar-refractivity contribution in [2.45, 2.75) is 52.5 Å². The van der Waals surface area contributed by atoms with Gasteiger partial charge in [0.1, 0.15) is 0 Å². The quantitative estimate of drug-likeness (QED) is 0.891. The van der Waals surface area contributed by atoms with Crippen LogP contribution >= 0.6 is 11.3 Å². The van der Waals surface area contributed by atoms with Crippen molar-refractivity contribution in [2.24, 2.45) is 17.8 Å². The van der Waals surface area contributed by atoms with Crippen molar-refractivity contribution >= 4 is 17.2 Å². The molecule has 2 bridgehead atoms. The van der Waals surface area contributed by atoms with Crippen molar-refractivity contribution in [2.75, 3.05) is 0 Å². The molecule has 4 atom stereocenters. The van der Waals surface area contributed by atoms with Crippen LogP contribution in [0.1, 0.15) is 52.7 Å². The Morgan fingerprint density at radius 3 is 2.68 bits per heavy atom. The van der Waals surface area contributed by atoms with Crippen molar-refractivity contribution in [3.05, 3.63) is 21.4 Å². The van der Waals surface area contributed by atoms with Crippen LogP contribution in [0.5, 0.6) is 0 Å². The molecule has 1 heterocycles. The van der Waals surface area contributed by atoms with Gasteiger partial charge in [-0.25, -0.2) is 0 Å². The number of hydrogen-bond donors (Lipinski definition) is 1. The average molecular weight is 277 g/mol. The smallest absolute Gasteiger partial charge is 0.261 e. The number of carbonyl (C=O) groups is 1. The molecule has 2 fully saturated rings. The molecule has 0 spiro atoms. The number of nitrogens with one attached hydrogen (secondary N) is 1. The lowest BCUT2D eigenvalue weighted by atomic mass is 9.84. The zero-order valence-corrected chi connectivity index (χ0v) is 12.8. The molecule has 2 aliphatic carbocycles. The molecule has 1 amide bonds. The van der Waals surface area contributed by atoms with Crippen LogP contribution in [0.25, 0.3) is 0 Å². The van der Waals surface area contributed by atoms with Crippen LogP contribution in [0.3, 0.4) is 0 Å². The Balaban J connectivity index is 1.63. The molecular weight excluding hydrogens is 254 g/mol. The van der Waals surface area contributed by atoms with Gasteiger partial charge in [-0.1, -0.05) is 6.42 Å². The summed E-state index contributed by atoms with van der Waals surface area (Å²) in [5, 5.41) is 3.24. The topological polar surface area (TPSA) is 29.1 Å². The second-order valence-corrected chi connectivity index (χ2v) is 7.71. The van der Waals surface area contributed by atoms with E-state index in [4.69, 9.17) is 0 Å². The van der Waals surface area contributed by atoms with Gasteiger partial charge in [-0.15, -0.1) is 11.3 Å². The minimum Gasteiger partial charge on any atom is -0.349 e. The second kappa shape index (κ2) is 4.93. The van der Waals surface area contributed by atoms with Crippen molar-refractivity contribution in [3.8, 4) is 0 Å². The van der Waals surface area contributed by atoms with Gasteiger partial charge in [0.15, 0.2) is 0 Å². The maximum atomic E-state index is 12.3. The molecule has 0 aromatic carbocycles. The fourth-order valence-electron chi connectivity index (χ4n) is 3.98. The maximum Gasteiger partial charge on any atom is 0.261 e. The standard InChI is InChI=1S/C16H23NOS/c1-9-6-15(19-11(9)3)16(18)17-10(2)14-8-12-4-5-13(14)7-12/h6,10,12-14H,4-5,7-8H2,1-3H3,(H,17,18)/t10-,12-,13-,14+/m0/s1. The van der Waals surface area contributed by atoms with E-state index in [1.54, 1.807) is 11.3 Å². The van der Waals surface area contributed by atoms with Crippen LogP contribution in [0.15, 0.2) is 6.07 Å². The first-order chi connectivity index (χ1) is 9.04. The molecule has 2 saturated carbocycles. The lowest BCUT2D eigenvalue weighted by Gasteiger charge is -2.28. The fourth-order valence-corrected chi connectivity index (χ4v) is 4.91. The van der Waals surface area contributed by atoms with Crippen molar-refractivity contribution in [1.29, 1.82) is 0 Å². The van der Waals surface area contributed by atoms with Gasteiger partial charge in [0.2, 0.25) is 0 Å². The highest BCUT2D eigenvalue weighted by atomic mass is 32.1. The number of rotatable bonds is 3. The maximum absolute atomic E-state index is 12.3. The molecule has 19 heavy (non-hydrogen) atoms. The van der Waals surface area contributed by atoms with E-state index in [0.29, 0.717) is 12.0 Å². The first kappa shape index (κ1) is 13.2. The third-order valence-corrected chi connectivity index (χ3v) is 6.33. The van der Waals surface area contributed by atoms with E-state index in [-0.39, 0.29) is 5.91 Å². The summed E-state index contributed by atoms with van der Waals surface area (Å²) in [7, 11) is 0. The van der Waals surface area contributed by atoms with Crippen molar-refractivity contribution in [1.82, 2.24) is 5.32 Å². The molecule has 1 aromatic rings. The molecule has 3 rings (SSSR count). The molecule has 1 aromatic heterocycles. The van der Waals surface area contributed by atoms with Crippen LogP contribution in [0.4, 0.5) is 0 Å². The molecule has 0 aliphatic heterocycles. The fraction of sp³-hybridized carbons (Fsp3) is 0.688. The summed E-state index contributed by atoms with van der Waals surface area (Å²) in [6.45, 7) is 6.34. The summed E-state index contributed by atoms with van der Waals surface area (Å²) in [4.78, 5) is 14.4. The molecule has 2 aliphatic rings. The summed E-state index contributed by atoms with van der Waals surface area (Å²) in [5.41, 5.74) is 1.22. The summed E-state index contributed by atoms with van der Waals surface area (Å²) in [5.74, 6) is 2.65. The lowest BCUT2D eigenvalue weighted by Crippen LogP contribution is -2.39. The molecule has 0 saturated heterocycles. The summed E-state index contributed by atoms with van der Waals surface area (Å²) in [6.07, 6.45) is 5.54. The highest BCUT2D eigenvalue weighted by Gasteiger charge is 2.42. The Kier molecular flexibility index (Phi) is 3.42. The highest BCUT2D eigenvalue weighted by molar-refractivity contribution is 7.14. The Labute approximate surface area is 119 Å². The highest BCUT2D eigenvalue weighted by Crippen LogP contribution is 2.49. The Hall–Kier alpha value is -0.830. The number of thiophene rings is 1. The van der Waals surface area contributed by atoms with Gasteiger partial charge in [-0.3, -0.25) is 4.79 Å². The van der Waals surface area contributed by atoms with Crippen molar-refractivity contribution in [3.63, 3.8) is 0 Å². The van der Waals surface area contributed by atoms with Gasteiger partial charge in [0, 0.05) is 10.9 Å². The average Bonchev–Trinajstić information content (AvgIpc) is 3.06. The molecular formula is C16H23NOS. The van der Waals surface area contributed by atoms with Gasteiger partial charge in [0.25, 0.3) is 5.91 Å². The number of hydrogen-bond acceptors (Lipinski definition) is 2. The largest absolute Gasteiger partial charge is 0.349 e. The molecule has 0 radical (unpaired) electrons. The number of carbonyl (C=O) groups excluding carboxylic acids is 1. The Bertz CT molecular complexity index is 473. The summed E-state index contributed by atoms with van der Waals surface area (Å²) >= 11 is 1.61. The summed E-state index contributed by atoms with van der Waals surface area (Å²) < 4.78 is 0. The molecule has 104 valence electrons. The van der Waals surface area contributed by atoms with Crippen molar-refractivity contribution < 1.29 is 4.79 Å². The summed E-state index contributed by atoms with van der Waals surface area (Å²) in [6, 6.07) is 2.34. The Morgan fingerprint density at radius 1 is 1.37 bits per heavy atom. The molecule has 3 heteroatoms. The van der Waals surface area contributed by atoms with Crippen LogP contribution in [-0.4, -0.2) is 11.9 Å². The minimum atomic E-state index is 0.122. The predicted octanol–water partition coefficient (Wildman–Crippen LogP) is 3.92. The predicted molar refractivity (Wildman–Crippen MR) is 79.7 cm³/mol. The van der Waals surface area contributed by atoms with Crippen LogP contribution in [-0.2, 0) is 0 Å². The normalized spacial score (nSPS) is 30.6. The van der Waals surface area contributed by atoms with Gasteiger partial charge in [-0.05, 0) is 69.4 Å². The van der Waals surface area contributed by atoms with Gasteiger partial charge in [0.05, 0.1) is 4.88 Å². The van der Waals surface area contributed by atoms with E-state index < -0.39 is 0 Å². The number of fused-ring (bicyclic) bond motifs is 2. The van der Waals surface area contributed by atoms with Gasteiger partial charge in [-0.2, -0.15) is 0 Å². The van der Waals surface area contributed by atoms with Crippen LogP contribution in [0.2, 0.25) is 0 Å². The second-order valence-electron chi connectivity index (χ2n) is 6.45. The van der Waals surface area contributed by atoms with E-state index in [2.05, 4.69) is 26.1 Å². The number of amides is 1. The third kappa shape index (κ3) is 2.45. The van der Waals surface area contributed by atoms with E-state index in [1.165, 1.54) is 36.1 Å². The third-order valence-electron chi connectivity index (χ3n) is 5.18. The minimum absolute atomic E-state index is 0.122. The van der Waals surface area contributed by atoms with Gasteiger partial charge >= 0.3 is 0 Å². The van der Waals surface area contributed by atoms with E-state index in [9.17, 15) is 4.79 Å². The zero-order valence-electron chi connectivity index (χ0n) is 12.0. The van der Waals surface area contributed by atoms with Crippen LogP contribution in [0, 0.1) is 31.6 Å². The monoisotopic (exact) mass is 277 g/mol. The first-order valence-corrected chi connectivity index (χ1v) is 8.24. The zero-order chi connectivity index (χ0) is 13.6. The molecule has 1 N–H and O–H groups in total. The van der Waals surface area contributed by atoms with Crippen LogP contribution < -0.4 is 5.32 Å². The first-order valence-electron chi connectivity index (χ1n) is 7.42. The van der Waals surface area contributed by atoms with E-state index in [0.717, 1.165) is 16.7 Å². The van der Waals surface area contributed by atoms with E-state index in [1.807, 2.05) is 6.07 Å². The Morgan fingerprint density at radius 2 is 2.16 bits per heavy atom. The number of aryl methyl sites for hydroxylation is 2. The lowest BCUT2D eigenvalue weighted by molar-refractivity contribution is 0.0919. The SMILES string of the molecule is Cc1cc(C(=O)N[C@@H](C)[C@H]2C[C@H]3CC[C@H]2C3)sc1C. The molecule has 2 nitrogen and oxygen atoms in total. The van der Waals surface area contributed by atoms with Gasteiger partial charge < -0.3 is 5.32 Å². The van der Waals surface area contributed by atoms with E-state index >= 15 is 0 Å².